The normalized spacial score (nSPS) is 11.3. The molecule has 1 N–H and O–H groups in total. The summed E-state index contributed by atoms with van der Waals surface area (Å²) in [4.78, 5) is 9.25. The number of thiazole rings is 2. The van der Waals surface area contributed by atoms with E-state index in [1.54, 1.807) is 35.8 Å². The summed E-state index contributed by atoms with van der Waals surface area (Å²) in [5, 5.41) is 5.81. The summed E-state index contributed by atoms with van der Waals surface area (Å²) in [7, 11) is 1.64. The first-order valence-corrected chi connectivity index (χ1v) is 8.92. The van der Waals surface area contributed by atoms with Crippen LogP contribution < -0.4 is 10.1 Å². The quantitative estimate of drug-likeness (QED) is 0.514. The van der Waals surface area contributed by atoms with Crippen LogP contribution >= 0.6 is 34.3 Å². The van der Waals surface area contributed by atoms with Gasteiger partial charge in [-0.05, 0) is 37.3 Å². The highest BCUT2D eigenvalue weighted by atomic mass is 35.5. The van der Waals surface area contributed by atoms with Gasteiger partial charge in [0.25, 0.3) is 0 Å². The highest BCUT2D eigenvalue weighted by Crippen LogP contribution is 2.37. The van der Waals surface area contributed by atoms with Crippen molar-refractivity contribution < 1.29 is 4.74 Å². The highest BCUT2D eigenvalue weighted by Gasteiger charge is 2.12. The Morgan fingerprint density at radius 3 is 2.83 bits per heavy atom. The van der Waals surface area contributed by atoms with Crippen LogP contribution in [0.5, 0.6) is 5.75 Å². The number of nitrogens with one attached hydrogen (secondary N) is 1. The molecule has 7 heteroatoms. The molecule has 0 saturated carbocycles. The van der Waals surface area contributed by atoms with Crippen molar-refractivity contribution in [1.82, 2.24) is 9.97 Å². The maximum atomic E-state index is 6.08. The van der Waals surface area contributed by atoms with E-state index in [0.29, 0.717) is 5.02 Å². The minimum Gasteiger partial charge on any atom is -0.495 e. The fraction of sp³-hybridized carbons (Fsp3) is 0.125. The Labute approximate surface area is 145 Å². The first-order valence-electron chi connectivity index (χ1n) is 6.91. The second-order valence-corrected chi connectivity index (χ2v) is 7.65. The van der Waals surface area contributed by atoms with E-state index >= 15 is 0 Å². The number of benzene rings is 2. The van der Waals surface area contributed by atoms with Gasteiger partial charge < -0.3 is 10.1 Å². The summed E-state index contributed by atoms with van der Waals surface area (Å²) >= 11 is 9.35. The molecule has 2 aromatic carbocycles. The third kappa shape index (κ3) is 2.63. The lowest BCUT2D eigenvalue weighted by molar-refractivity contribution is 0.417. The van der Waals surface area contributed by atoms with Crippen LogP contribution in [-0.4, -0.2) is 17.1 Å². The van der Waals surface area contributed by atoms with E-state index in [9.17, 15) is 0 Å². The lowest BCUT2D eigenvalue weighted by Crippen LogP contribution is -1.93. The van der Waals surface area contributed by atoms with Gasteiger partial charge in [-0.1, -0.05) is 22.9 Å². The summed E-state index contributed by atoms with van der Waals surface area (Å²) in [6.07, 6.45) is 0. The molecule has 2 heterocycles. The van der Waals surface area contributed by atoms with Crippen LogP contribution in [0.4, 0.5) is 10.8 Å². The monoisotopic (exact) mass is 361 g/mol. The maximum Gasteiger partial charge on any atom is 0.188 e. The Morgan fingerprint density at radius 1 is 1.13 bits per heavy atom. The molecule has 0 saturated heterocycles. The molecule has 0 aliphatic carbocycles. The molecule has 2 aromatic heterocycles. The number of nitrogens with zero attached hydrogens (tertiary/aromatic N) is 2. The largest absolute Gasteiger partial charge is 0.495 e. The fourth-order valence-corrected chi connectivity index (χ4v) is 4.47. The van der Waals surface area contributed by atoms with Crippen molar-refractivity contribution in [2.75, 3.05) is 12.4 Å². The number of halogens is 1. The number of methoxy groups -OCH3 is 1. The third-order valence-corrected chi connectivity index (χ3v) is 5.59. The summed E-state index contributed by atoms with van der Waals surface area (Å²) in [6, 6.07) is 9.58. The van der Waals surface area contributed by atoms with Gasteiger partial charge in [0.15, 0.2) is 5.13 Å². The number of rotatable bonds is 3. The van der Waals surface area contributed by atoms with Gasteiger partial charge >= 0.3 is 0 Å². The van der Waals surface area contributed by atoms with Gasteiger partial charge in [0.2, 0.25) is 0 Å². The zero-order valence-electron chi connectivity index (χ0n) is 12.4. The predicted octanol–water partition coefficient (Wildman–Crippen LogP) is 5.62. The Bertz CT molecular complexity index is 1020. The fourth-order valence-electron chi connectivity index (χ4n) is 2.43. The third-order valence-electron chi connectivity index (χ3n) is 3.42. The van der Waals surface area contributed by atoms with Gasteiger partial charge in [-0.2, -0.15) is 0 Å². The van der Waals surface area contributed by atoms with Gasteiger partial charge in [-0.3, -0.25) is 0 Å². The number of aromatic nitrogens is 2. The van der Waals surface area contributed by atoms with Crippen LogP contribution in [0, 0.1) is 6.92 Å². The van der Waals surface area contributed by atoms with Crippen LogP contribution in [0.25, 0.3) is 20.4 Å². The Morgan fingerprint density at radius 2 is 2.00 bits per heavy atom. The van der Waals surface area contributed by atoms with Crippen LogP contribution in [0.3, 0.4) is 0 Å². The van der Waals surface area contributed by atoms with Crippen LogP contribution in [0.1, 0.15) is 5.01 Å². The SMILES string of the molecule is COc1ccc(Cl)cc1Nc1nc2c(ccc3nc(C)sc32)s1. The van der Waals surface area contributed by atoms with Crippen LogP contribution in [0.15, 0.2) is 30.3 Å². The van der Waals surface area contributed by atoms with Crippen molar-refractivity contribution in [3.63, 3.8) is 0 Å². The zero-order chi connectivity index (χ0) is 16.0. The molecule has 0 aliphatic heterocycles. The lowest BCUT2D eigenvalue weighted by Gasteiger charge is -2.08. The molecule has 4 rings (SSSR count). The molecule has 0 aliphatic rings. The van der Waals surface area contributed by atoms with E-state index in [1.807, 2.05) is 25.1 Å². The number of ether oxygens (including phenoxy) is 1. The van der Waals surface area contributed by atoms with E-state index < -0.39 is 0 Å². The van der Waals surface area contributed by atoms with Gasteiger partial charge in [-0.15, -0.1) is 11.3 Å². The van der Waals surface area contributed by atoms with E-state index in [0.717, 1.165) is 42.0 Å². The van der Waals surface area contributed by atoms with Crippen LogP contribution in [0.2, 0.25) is 5.02 Å². The molecule has 116 valence electrons. The molecule has 4 nitrogen and oxygen atoms in total. The molecule has 0 fully saturated rings. The van der Waals surface area contributed by atoms with Crippen molar-refractivity contribution in [2.45, 2.75) is 6.92 Å². The molecular weight excluding hydrogens is 350 g/mol. The Hall–Kier alpha value is -1.89. The van der Waals surface area contributed by atoms with E-state index in [2.05, 4.69) is 16.4 Å². The second kappa shape index (κ2) is 5.63. The number of aryl methyl sites for hydroxylation is 1. The molecule has 0 atom stereocenters. The van der Waals surface area contributed by atoms with Gasteiger partial charge in [0.05, 0.1) is 32.7 Å². The van der Waals surface area contributed by atoms with Crippen molar-refractivity contribution >= 4 is 65.5 Å². The predicted molar refractivity (Wildman–Crippen MR) is 98.8 cm³/mol. The molecule has 0 amide bonds. The van der Waals surface area contributed by atoms with Crippen molar-refractivity contribution in [2.24, 2.45) is 0 Å². The number of fused-ring (bicyclic) bond motifs is 3. The van der Waals surface area contributed by atoms with Crippen molar-refractivity contribution in [3.8, 4) is 5.75 Å². The van der Waals surface area contributed by atoms with Gasteiger partial charge in [-0.25, -0.2) is 9.97 Å². The molecular formula is C16H12ClN3OS2. The van der Waals surface area contributed by atoms with Crippen molar-refractivity contribution in [1.29, 1.82) is 0 Å². The summed E-state index contributed by atoms with van der Waals surface area (Å²) in [5.74, 6) is 0.729. The average Bonchev–Trinajstić information content (AvgIpc) is 3.09. The van der Waals surface area contributed by atoms with Crippen LogP contribution in [-0.2, 0) is 0 Å². The summed E-state index contributed by atoms with van der Waals surface area (Å²) in [5.41, 5.74) is 2.79. The zero-order valence-corrected chi connectivity index (χ0v) is 14.8. The molecule has 23 heavy (non-hydrogen) atoms. The summed E-state index contributed by atoms with van der Waals surface area (Å²) < 4.78 is 7.62. The number of anilines is 2. The molecule has 0 bridgehead atoms. The smallest absolute Gasteiger partial charge is 0.188 e. The standard InChI is InChI=1S/C16H12ClN3OS2/c1-8-18-10-4-6-13-14(15(10)22-8)20-16(23-13)19-11-7-9(17)3-5-12(11)21-2/h3-7H,1-2H3,(H,19,20). The van der Waals surface area contributed by atoms with E-state index in [-0.39, 0.29) is 0 Å². The molecule has 0 spiro atoms. The minimum absolute atomic E-state index is 0.648. The summed E-state index contributed by atoms with van der Waals surface area (Å²) in [6.45, 7) is 2.01. The maximum absolute atomic E-state index is 6.08. The molecule has 0 radical (unpaired) electrons. The first kappa shape index (κ1) is 14.7. The Balaban J connectivity index is 1.81. The Kier molecular flexibility index (Phi) is 3.60. The van der Waals surface area contributed by atoms with Gasteiger partial charge in [0.1, 0.15) is 11.3 Å². The highest BCUT2D eigenvalue weighted by molar-refractivity contribution is 7.24. The lowest BCUT2D eigenvalue weighted by atomic mass is 10.3. The second-order valence-electron chi connectivity index (χ2n) is 4.98. The minimum atomic E-state index is 0.648. The number of hydrogen-bond acceptors (Lipinski definition) is 6. The average molecular weight is 362 g/mol. The first-order chi connectivity index (χ1) is 11.1. The molecule has 4 aromatic rings. The van der Waals surface area contributed by atoms with Crippen molar-refractivity contribution in [3.05, 3.63) is 40.4 Å². The number of hydrogen-bond donors (Lipinski definition) is 1. The topological polar surface area (TPSA) is 47.0 Å². The van der Waals surface area contributed by atoms with Gasteiger partial charge in [0, 0.05) is 5.02 Å². The molecule has 0 unspecified atom stereocenters. The van der Waals surface area contributed by atoms with E-state index in [1.165, 1.54) is 0 Å². The van der Waals surface area contributed by atoms with E-state index in [4.69, 9.17) is 21.3 Å².